The molecule has 0 unspecified atom stereocenters. The van der Waals surface area contributed by atoms with E-state index in [0.29, 0.717) is 17.9 Å². The number of hydrogen-bond donors (Lipinski definition) is 0. The van der Waals surface area contributed by atoms with Gasteiger partial charge in [0.1, 0.15) is 11.3 Å². The number of amides is 1. The predicted molar refractivity (Wildman–Crippen MR) is 100.0 cm³/mol. The number of ether oxygens (including phenoxy) is 1. The van der Waals surface area contributed by atoms with Crippen LogP contribution in [0.15, 0.2) is 51.7 Å². The van der Waals surface area contributed by atoms with Gasteiger partial charge in [0.25, 0.3) is 5.91 Å². The Morgan fingerprint density at radius 3 is 2.81 bits per heavy atom. The third-order valence-electron chi connectivity index (χ3n) is 4.79. The van der Waals surface area contributed by atoms with E-state index in [1.165, 1.54) is 11.6 Å². The third-order valence-corrected chi connectivity index (χ3v) is 4.79. The van der Waals surface area contributed by atoms with Crippen molar-refractivity contribution in [2.45, 2.75) is 20.3 Å². The molecule has 3 aromatic rings. The summed E-state index contributed by atoms with van der Waals surface area (Å²) in [5, 5.41) is 0.809. The molecule has 132 valence electrons. The highest BCUT2D eigenvalue weighted by Gasteiger charge is 2.24. The highest BCUT2D eigenvalue weighted by molar-refractivity contribution is 5.96. The molecule has 26 heavy (non-hydrogen) atoms. The summed E-state index contributed by atoms with van der Waals surface area (Å²) in [6.07, 6.45) is 0.870. The van der Waals surface area contributed by atoms with E-state index >= 15 is 0 Å². The standard InChI is InChI=1S/C21H19NO4/c1-13-10-21(24)26-19-9-14(2)18(11-16(13)19)25-12-20(23)22-8-7-15-5-3-4-6-17(15)22/h3-6,9-11H,7-8,12H2,1-2H3. The van der Waals surface area contributed by atoms with E-state index in [1.54, 1.807) is 11.0 Å². The average Bonchev–Trinajstić information content (AvgIpc) is 3.04. The first-order chi connectivity index (χ1) is 12.5. The number of benzene rings is 2. The van der Waals surface area contributed by atoms with E-state index < -0.39 is 0 Å². The minimum absolute atomic E-state index is 0.0312. The minimum Gasteiger partial charge on any atom is -0.483 e. The summed E-state index contributed by atoms with van der Waals surface area (Å²) < 4.78 is 11.0. The summed E-state index contributed by atoms with van der Waals surface area (Å²) in [5.41, 5.74) is 3.95. The van der Waals surface area contributed by atoms with Crippen LogP contribution in [0.2, 0.25) is 0 Å². The van der Waals surface area contributed by atoms with Crippen molar-refractivity contribution in [2.75, 3.05) is 18.1 Å². The van der Waals surface area contributed by atoms with Crippen LogP contribution in [-0.4, -0.2) is 19.1 Å². The number of carbonyl (C=O) groups excluding carboxylic acids is 1. The lowest BCUT2D eigenvalue weighted by Crippen LogP contribution is -2.33. The molecule has 0 N–H and O–H groups in total. The van der Waals surface area contributed by atoms with E-state index in [2.05, 4.69) is 0 Å². The molecule has 4 rings (SSSR count). The van der Waals surface area contributed by atoms with E-state index in [9.17, 15) is 9.59 Å². The highest BCUT2D eigenvalue weighted by atomic mass is 16.5. The number of carbonyl (C=O) groups is 1. The van der Waals surface area contributed by atoms with E-state index in [4.69, 9.17) is 9.15 Å². The Hall–Kier alpha value is -3.08. The molecule has 0 radical (unpaired) electrons. The van der Waals surface area contributed by atoms with Gasteiger partial charge in [0.05, 0.1) is 0 Å². The zero-order valence-electron chi connectivity index (χ0n) is 14.7. The maximum absolute atomic E-state index is 12.6. The van der Waals surface area contributed by atoms with Gasteiger partial charge in [-0.3, -0.25) is 4.79 Å². The molecule has 0 bridgehead atoms. The van der Waals surface area contributed by atoms with Gasteiger partial charge >= 0.3 is 5.63 Å². The monoisotopic (exact) mass is 349 g/mol. The number of anilines is 1. The number of fused-ring (bicyclic) bond motifs is 2. The summed E-state index contributed by atoms with van der Waals surface area (Å²) in [7, 11) is 0. The summed E-state index contributed by atoms with van der Waals surface area (Å²) >= 11 is 0. The largest absolute Gasteiger partial charge is 0.483 e. The molecule has 0 aliphatic carbocycles. The van der Waals surface area contributed by atoms with Crippen LogP contribution in [0.1, 0.15) is 16.7 Å². The molecule has 0 saturated heterocycles. The van der Waals surface area contributed by atoms with Crippen molar-refractivity contribution in [2.24, 2.45) is 0 Å². The van der Waals surface area contributed by atoms with Gasteiger partial charge in [0, 0.05) is 23.7 Å². The van der Waals surface area contributed by atoms with Crippen LogP contribution < -0.4 is 15.3 Å². The van der Waals surface area contributed by atoms with Crippen LogP contribution in [0.5, 0.6) is 5.75 Å². The van der Waals surface area contributed by atoms with E-state index in [0.717, 1.165) is 28.6 Å². The highest BCUT2D eigenvalue weighted by Crippen LogP contribution is 2.29. The molecule has 5 heteroatoms. The Morgan fingerprint density at radius 2 is 1.96 bits per heavy atom. The number of aryl methyl sites for hydroxylation is 2. The van der Waals surface area contributed by atoms with Gasteiger partial charge in [-0.1, -0.05) is 18.2 Å². The number of hydrogen-bond acceptors (Lipinski definition) is 4. The van der Waals surface area contributed by atoms with Crippen molar-refractivity contribution in [1.29, 1.82) is 0 Å². The van der Waals surface area contributed by atoms with Crippen molar-refractivity contribution in [1.82, 2.24) is 0 Å². The zero-order valence-corrected chi connectivity index (χ0v) is 14.7. The lowest BCUT2D eigenvalue weighted by molar-refractivity contribution is -0.120. The maximum Gasteiger partial charge on any atom is 0.336 e. The topological polar surface area (TPSA) is 59.8 Å². The van der Waals surface area contributed by atoms with Gasteiger partial charge in [0.15, 0.2) is 6.61 Å². The van der Waals surface area contributed by atoms with Gasteiger partial charge in [-0.05, 0) is 55.2 Å². The molecule has 0 spiro atoms. The summed E-state index contributed by atoms with van der Waals surface area (Å²) in [6.45, 7) is 4.37. The predicted octanol–water partition coefficient (Wildman–Crippen LogP) is 3.38. The molecule has 0 atom stereocenters. The summed E-state index contributed by atoms with van der Waals surface area (Å²) in [5.74, 6) is 0.557. The molecule has 2 aromatic carbocycles. The number of rotatable bonds is 3. The van der Waals surface area contributed by atoms with Gasteiger partial charge in [-0.15, -0.1) is 0 Å². The SMILES string of the molecule is Cc1cc2oc(=O)cc(C)c2cc1OCC(=O)N1CCc2ccccc21. The fourth-order valence-electron chi connectivity index (χ4n) is 3.42. The molecular weight excluding hydrogens is 330 g/mol. The van der Waals surface area contributed by atoms with Crippen molar-refractivity contribution in [3.05, 3.63) is 69.6 Å². The third kappa shape index (κ3) is 2.86. The van der Waals surface area contributed by atoms with Gasteiger partial charge in [-0.2, -0.15) is 0 Å². The Morgan fingerprint density at radius 1 is 1.15 bits per heavy atom. The van der Waals surface area contributed by atoms with Gasteiger partial charge in [-0.25, -0.2) is 4.79 Å². The van der Waals surface area contributed by atoms with Crippen LogP contribution >= 0.6 is 0 Å². The molecule has 0 fully saturated rings. The molecule has 1 aromatic heterocycles. The Kier molecular flexibility index (Phi) is 3.99. The van der Waals surface area contributed by atoms with E-state index in [-0.39, 0.29) is 18.1 Å². The minimum atomic E-state index is -0.369. The fraction of sp³-hybridized carbons (Fsp3) is 0.238. The van der Waals surface area contributed by atoms with E-state index in [1.807, 2.05) is 44.2 Å². The number of para-hydroxylation sites is 1. The lowest BCUT2D eigenvalue weighted by atomic mass is 10.1. The Labute approximate surface area is 150 Å². The summed E-state index contributed by atoms with van der Waals surface area (Å²) in [4.78, 5) is 25.9. The van der Waals surface area contributed by atoms with Crippen molar-refractivity contribution in [3.8, 4) is 5.75 Å². The van der Waals surface area contributed by atoms with Gasteiger partial charge in [0.2, 0.25) is 0 Å². The first-order valence-corrected chi connectivity index (χ1v) is 8.59. The zero-order chi connectivity index (χ0) is 18.3. The van der Waals surface area contributed by atoms with Crippen molar-refractivity contribution in [3.63, 3.8) is 0 Å². The molecule has 1 aliphatic heterocycles. The first-order valence-electron chi connectivity index (χ1n) is 8.59. The lowest BCUT2D eigenvalue weighted by Gasteiger charge is -2.18. The maximum atomic E-state index is 12.6. The fourth-order valence-corrected chi connectivity index (χ4v) is 3.42. The van der Waals surface area contributed by atoms with Gasteiger partial charge < -0.3 is 14.1 Å². The van der Waals surface area contributed by atoms with Crippen molar-refractivity contribution < 1.29 is 13.9 Å². The molecule has 2 heterocycles. The van der Waals surface area contributed by atoms with Crippen molar-refractivity contribution >= 4 is 22.6 Å². The molecule has 0 saturated carbocycles. The smallest absolute Gasteiger partial charge is 0.336 e. The molecule has 5 nitrogen and oxygen atoms in total. The van der Waals surface area contributed by atoms with Crippen LogP contribution in [0.3, 0.4) is 0 Å². The Bertz CT molecular complexity index is 1070. The molecule has 1 aliphatic rings. The molecular formula is C21H19NO4. The van der Waals surface area contributed by atoms with Crippen LogP contribution in [0.25, 0.3) is 11.0 Å². The second kappa shape index (κ2) is 6.33. The molecule has 1 amide bonds. The second-order valence-corrected chi connectivity index (χ2v) is 6.58. The summed E-state index contributed by atoms with van der Waals surface area (Å²) in [6, 6.07) is 13.0. The normalized spacial score (nSPS) is 13.1. The first kappa shape index (κ1) is 16.4. The average molecular weight is 349 g/mol. The van der Waals surface area contributed by atoms with Crippen LogP contribution in [0, 0.1) is 13.8 Å². The second-order valence-electron chi connectivity index (χ2n) is 6.58. The Balaban J connectivity index is 1.56. The van der Waals surface area contributed by atoms with Crippen LogP contribution in [0.4, 0.5) is 5.69 Å². The number of nitrogens with zero attached hydrogens (tertiary/aromatic N) is 1. The van der Waals surface area contributed by atoms with Crippen LogP contribution in [-0.2, 0) is 11.2 Å². The quantitative estimate of drug-likeness (QED) is 0.680.